The maximum atomic E-state index is 14.1. The number of thioether (sulfide) groups is 1. The number of nitrogens with two attached hydrogens (primary N) is 1. The molecule has 0 bridgehead atoms. The Morgan fingerprint density at radius 3 is 2.56 bits per heavy atom. The van der Waals surface area contributed by atoms with Crippen LogP contribution in [0.2, 0.25) is 0 Å². The van der Waals surface area contributed by atoms with Gasteiger partial charge in [-0.1, -0.05) is 25.9 Å². The summed E-state index contributed by atoms with van der Waals surface area (Å²) in [4.78, 5) is 0.553. The minimum absolute atomic E-state index is 0.116. The van der Waals surface area contributed by atoms with Crippen LogP contribution >= 0.6 is 27.7 Å². The fourth-order valence-electron chi connectivity index (χ4n) is 1.21. The molecule has 3 nitrogen and oxygen atoms in total. The summed E-state index contributed by atoms with van der Waals surface area (Å²) >= 11 is 4.61. The third-order valence-corrected chi connectivity index (χ3v) is 4.94. The lowest BCUT2D eigenvalue weighted by atomic mass is 10.2. The third-order valence-electron chi connectivity index (χ3n) is 2.68. The van der Waals surface area contributed by atoms with Crippen LogP contribution in [0.1, 0.15) is 26.3 Å². The smallest absolute Gasteiger partial charge is 0.171 e. The fourth-order valence-corrected chi connectivity index (χ4v) is 2.92. The van der Waals surface area contributed by atoms with Gasteiger partial charge in [0, 0.05) is 15.7 Å². The number of amidine groups is 1. The molecule has 0 heterocycles. The van der Waals surface area contributed by atoms with Gasteiger partial charge in [-0.2, -0.15) is 0 Å². The van der Waals surface area contributed by atoms with Gasteiger partial charge in [0.25, 0.3) is 0 Å². The Kier molecular flexibility index (Phi) is 5.47. The Balaban J connectivity index is 3.09. The molecule has 0 saturated heterocycles. The number of oxime groups is 1. The fraction of sp³-hybridized carbons (Fsp3) is 0.417. The second-order valence-electron chi connectivity index (χ2n) is 4.29. The Bertz CT molecular complexity index is 466. The number of benzene rings is 1. The standard InChI is InChI=1S/C12H16BrFN2OS/c1-6(2)7(3)18-9-5-4-8(12(15)16-17)10(13)11(9)14/h4-7,17H,1-3H3,(H2,15,16). The van der Waals surface area contributed by atoms with E-state index in [1.807, 2.05) is 0 Å². The van der Waals surface area contributed by atoms with E-state index in [1.165, 1.54) is 11.8 Å². The number of nitrogens with zero attached hydrogens (tertiary/aromatic N) is 1. The van der Waals surface area contributed by atoms with Gasteiger partial charge < -0.3 is 10.9 Å². The van der Waals surface area contributed by atoms with Crippen LogP contribution in [0.25, 0.3) is 0 Å². The molecule has 1 rings (SSSR count). The summed E-state index contributed by atoms with van der Waals surface area (Å²) in [5.74, 6) is -0.0391. The Labute approximate surface area is 119 Å². The topological polar surface area (TPSA) is 58.6 Å². The van der Waals surface area contributed by atoms with Gasteiger partial charge in [-0.3, -0.25) is 0 Å². The molecule has 18 heavy (non-hydrogen) atoms. The minimum Gasteiger partial charge on any atom is -0.409 e. The van der Waals surface area contributed by atoms with E-state index in [0.29, 0.717) is 21.6 Å². The number of hydrogen-bond acceptors (Lipinski definition) is 3. The van der Waals surface area contributed by atoms with Crippen LogP contribution in [0, 0.1) is 11.7 Å². The van der Waals surface area contributed by atoms with Crippen LogP contribution in [0.4, 0.5) is 4.39 Å². The molecule has 0 spiro atoms. The monoisotopic (exact) mass is 334 g/mol. The molecule has 6 heteroatoms. The molecular formula is C12H16BrFN2OS. The third kappa shape index (κ3) is 3.38. The summed E-state index contributed by atoms with van der Waals surface area (Å²) in [5.41, 5.74) is 5.80. The lowest BCUT2D eigenvalue weighted by molar-refractivity contribution is 0.318. The molecule has 1 unspecified atom stereocenters. The van der Waals surface area contributed by atoms with E-state index in [-0.39, 0.29) is 16.1 Å². The zero-order valence-corrected chi connectivity index (χ0v) is 12.8. The van der Waals surface area contributed by atoms with E-state index in [1.54, 1.807) is 12.1 Å². The quantitative estimate of drug-likeness (QED) is 0.289. The molecule has 0 aliphatic rings. The summed E-state index contributed by atoms with van der Waals surface area (Å²) in [7, 11) is 0. The molecular weight excluding hydrogens is 319 g/mol. The predicted molar refractivity (Wildman–Crippen MR) is 76.8 cm³/mol. The molecule has 0 aliphatic heterocycles. The molecule has 0 fully saturated rings. The highest BCUT2D eigenvalue weighted by Crippen LogP contribution is 2.34. The van der Waals surface area contributed by atoms with Crippen LogP contribution in [0.5, 0.6) is 0 Å². The maximum absolute atomic E-state index is 14.1. The van der Waals surface area contributed by atoms with Gasteiger partial charge in [-0.15, -0.1) is 11.8 Å². The van der Waals surface area contributed by atoms with Crippen LogP contribution in [-0.4, -0.2) is 16.3 Å². The van der Waals surface area contributed by atoms with Gasteiger partial charge in [-0.05, 0) is 34.0 Å². The van der Waals surface area contributed by atoms with Crippen LogP contribution in [-0.2, 0) is 0 Å². The normalized spacial score (nSPS) is 14.0. The predicted octanol–water partition coefficient (Wildman–Crippen LogP) is 3.82. The van der Waals surface area contributed by atoms with Gasteiger partial charge >= 0.3 is 0 Å². The van der Waals surface area contributed by atoms with Crippen molar-refractivity contribution in [3.05, 3.63) is 28.0 Å². The molecule has 0 aromatic heterocycles. The summed E-state index contributed by atoms with van der Waals surface area (Å²) in [6, 6.07) is 3.29. The number of rotatable bonds is 4. The highest BCUT2D eigenvalue weighted by Gasteiger charge is 2.17. The molecule has 1 aromatic carbocycles. The highest BCUT2D eigenvalue weighted by molar-refractivity contribution is 9.10. The van der Waals surface area contributed by atoms with Crippen molar-refractivity contribution in [3.8, 4) is 0 Å². The minimum atomic E-state index is -0.378. The average Bonchev–Trinajstić information content (AvgIpc) is 2.34. The van der Waals surface area contributed by atoms with Crippen LogP contribution in [0.3, 0.4) is 0 Å². The zero-order chi connectivity index (χ0) is 13.9. The Morgan fingerprint density at radius 1 is 1.44 bits per heavy atom. The van der Waals surface area contributed by atoms with E-state index in [9.17, 15) is 4.39 Å². The molecule has 100 valence electrons. The van der Waals surface area contributed by atoms with E-state index in [2.05, 4.69) is 41.9 Å². The van der Waals surface area contributed by atoms with E-state index >= 15 is 0 Å². The second kappa shape index (κ2) is 6.43. The summed E-state index contributed by atoms with van der Waals surface area (Å²) in [6.45, 7) is 6.24. The Morgan fingerprint density at radius 2 is 2.06 bits per heavy atom. The van der Waals surface area contributed by atoms with Gasteiger partial charge in [0.05, 0.1) is 4.47 Å². The van der Waals surface area contributed by atoms with Crippen molar-refractivity contribution in [3.63, 3.8) is 0 Å². The number of halogens is 2. The molecule has 1 atom stereocenters. The van der Waals surface area contributed by atoms with Gasteiger partial charge in [-0.25, -0.2) is 4.39 Å². The summed E-state index contributed by atoms with van der Waals surface area (Å²) in [6.07, 6.45) is 0. The van der Waals surface area contributed by atoms with Crippen molar-refractivity contribution in [2.24, 2.45) is 16.8 Å². The first kappa shape index (κ1) is 15.3. The Hall–Kier alpha value is -0.750. The largest absolute Gasteiger partial charge is 0.409 e. The van der Waals surface area contributed by atoms with Crippen LogP contribution in [0.15, 0.2) is 26.7 Å². The van der Waals surface area contributed by atoms with Crippen molar-refractivity contribution in [2.45, 2.75) is 30.9 Å². The van der Waals surface area contributed by atoms with E-state index < -0.39 is 0 Å². The van der Waals surface area contributed by atoms with Crippen molar-refractivity contribution in [1.82, 2.24) is 0 Å². The lowest BCUT2D eigenvalue weighted by Gasteiger charge is -2.16. The molecule has 3 N–H and O–H groups in total. The number of hydrogen-bond donors (Lipinski definition) is 2. The first-order valence-corrected chi connectivity index (χ1v) is 7.18. The molecule has 0 radical (unpaired) electrons. The van der Waals surface area contributed by atoms with Crippen LogP contribution < -0.4 is 5.73 Å². The SMILES string of the molecule is CC(C)C(C)Sc1ccc(/C(N)=N/O)c(Br)c1F. The van der Waals surface area contributed by atoms with Crippen molar-refractivity contribution < 1.29 is 9.60 Å². The molecule has 0 saturated carbocycles. The zero-order valence-electron chi connectivity index (χ0n) is 10.4. The van der Waals surface area contributed by atoms with Crippen molar-refractivity contribution in [1.29, 1.82) is 0 Å². The first-order valence-electron chi connectivity index (χ1n) is 5.51. The molecule has 0 amide bonds. The average molecular weight is 335 g/mol. The van der Waals surface area contributed by atoms with Gasteiger partial charge in [0.2, 0.25) is 0 Å². The van der Waals surface area contributed by atoms with Crippen molar-refractivity contribution in [2.75, 3.05) is 0 Å². The van der Waals surface area contributed by atoms with E-state index in [4.69, 9.17) is 10.9 Å². The highest BCUT2D eigenvalue weighted by atomic mass is 79.9. The first-order chi connectivity index (χ1) is 8.38. The maximum Gasteiger partial charge on any atom is 0.171 e. The summed E-state index contributed by atoms with van der Waals surface area (Å²) in [5, 5.41) is 11.8. The summed E-state index contributed by atoms with van der Waals surface area (Å²) < 4.78 is 14.3. The van der Waals surface area contributed by atoms with Gasteiger partial charge in [0.15, 0.2) is 11.7 Å². The lowest BCUT2D eigenvalue weighted by Crippen LogP contribution is -2.14. The molecule has 0 aliphatic carbocycles. The van der Waals surface area contributed by atoms with Gasteiger partial charge in [0.1, 0.15) is 0 Å². The second-order valence-corrected chi connectivity index (χ2v) is 6.50. The van der Waals surface area contributed by atoms with E-state index in [0.717, 1.165) is 0 Å². The van der Waals surface area contributed by atoms with Crippen molar-refractivity contribution >= 4 is 33.5 Å². The molecule has 1 aromatic rings.